The first kappa shape index (κ1) is 18.4. The second-order valence-corrected chi connectivity index (χ2v) is 6.70. The van der Waals surface area contributed by atoms with Crippen LogP contribution in [0.3, 0.4) is 0 Å². The molecule has 1 aromatic carbocycles. The molecule has 1 heterocycles. The van der Waals surface area contributed by atoms with Crippen molar-refractivity contribution < 1.29 is 9.59 Å². The van der Waals surface area contributed by atoms with Gasteiger partial charge in [-0.1, -0.05) is 42.9 Å². The molecule has 2 N–H and O–H groups in total. The minimum Gasteiger partial charge on any atom is -0.349 e. The monoisotopic (exact) mass is 366 g/mol. The van der Waals surface area contributed by atoms with Crippen molar-refractivity contribution in [2.24, 2.45) is 5.92 Å². The number of carbonyl (C=O) groups excluding carboxylic acids is 2. The lowest BCUT2D eigenvalue weighted by atomic mass is 10.0. The van der Waals surface area contributed by atoms with Gasteiger partial charge in [-0.05, 0) is 31.0 Å². The zero-order chi connectivity index (χ0) is 17.5. The standard InChI is InChI=1S/C16H19ClN4O2S/c1-3-10(4-2)14(22)18-9-13-20-21-16(24-13)15(23)19-12-7-5-6-11(17)8-12/h5-8,10H,3-4,9H2,1-2H3,(H,18,22)(H,19,23). The van der Waals surface area contributed by atoms with Crippen LogP contribution in [0, 0.1) is 5.92 Å². The summed E-state index contributed by atoms with van der Waals surface area (Å²) < 4.78 is 0. The fraction of sp³-hybridized carbons (Fsp3) is 0.375. The highest BCUT2D eigenvalue weighted by Gasteiger charge is 2.16. The number of hydrogen-bond acceptors (Lipinski definition) is 5. The van der Waals surface area contributed by atoms with E-state index in [0.29, 0.717) is 15.7 Å². The first-order valence-corrected chi connectivity index (χ1v) is 8.90. The number of nitrogens with zero attached hydrogens (tertiary/aromatic N) is 2. The lowest BCUT2D eigenvalue weighted by Crippen LogP contribution is -2.29. The van der Waals surface area contributed by atoms with Crippen LogP contribution in [-0.2, 0) is 11.3 Å². The summed E-state index contributed by atoms with van der Waals surface area (Å²) in [4.78, 5) is 24.1. The van der Waals surface area contributed by atoms with Gasteiger partial charge in [-0.25, -0.2) is 0 Å². The SMILES string of the molecule is CCC(CC)C(=O)NCc1nnc(C(=O)Nc2cccc(Cl)c2)s1. The number of benzene rings is 1. The maximum absolute atomic E-state index is 12.1. The molecular formula is C16H19ClN4O2S. The molecule has 0 aliphatic carbocycles. The molecule has 1 aromatic heterocycles. The van der Waals surface area contributed by atoms with Crippen LogP contribution in [0.25, 0.3) is 0 Å². The maximum Gasteiger partial charge on any atom is 0.286 e. The largest absolute Gasteiger partial charge is 0.349 e. The molecule has 0 spiro atoms. The van der Waals surface area contributed by atoms with E-state index in [1.165, 1.54) is 0 Å². The topological polar surface area (TPSA) is 84.0 Å². The predicted molar refractivity (Wildman–Crippen MR) is 95.2 cm³/mol. The van der Waals surface area contributed by atoms with Gasteiger partial charge >= 0.3 is 0 Å². The van der Waals surface area contributed by atoms with Crippen molar-refractivity contribution in [3.05, 3.63) is 39.3 Å². The average molecular weight is 367 g/mol. The first-order chi connectivity index (χ1) is 11.5. The molecule has 0 saturated heterocycles. The summed E-state index contributed by atoms with van der Waals surface area (Å²) in [6, 6.07) is 6.86. The smallest absolute Gasteiger partial charge is 0.286 e. The van der Waals surface area contributed by atoms with Gasteiger partial charge in [-0.15, -0.1) is 10.2 Å². The molecule has 0 atom stereocenters. The quantitative estimate of drug-likeness (QED) is 0.785. The lowest BCUT2D eigenvalue weighted by Gasteiger charge is -2.11. The Kier molecular flexibility index (Phi) is 6.69. The highest BCUT2D eigenvalue weighted by Crippen LogP contribution is 2.17. The summed E-state index contributed by atoms with van der Waals surface area (Å²) in [5.74, 6) is -0.351. The van der Waals surface area contributed by atoms with E-state index in [-0.39, 0.29) is 29.3 Å². The number of hydrogen-bond donors (Lipinski definition) is 2. The number of carbonyl (C=O) groups is 2. The Morgan fingerprint density at radius 1 is 1.25 bits per heavy atom. The fourth-order valence-electron chi connectivity index (χ4n) is 2.13. The minimum atomic E-state index is -0.354. The molecule has 0 unspecified atom stereocenters. The maximum atomic E-state index is 12.1. The number of nitrogens with one attached hydrogen (secondary N) is 2. The normalized spacial score (nSPS) is 10.7. The second-order valence-electron chi connectivity index (χ2n) is 5.20. The van der Waals surface area contributed by atoms with Crippen molar-refractivity contribution in [1.82, 2.24) is 15.5 Å². The average Bonchev–Trinajstić information content (AvgIpc) is 3.03. The Morgan fingerprint density at radius 2 is 2.00 bits per heavy atom. The van der Waals surface area contributed by atoms with E-state index < -0.39 is 0 Å². The zero-order valence-electron chi connectivity index (χ0n) is 13.5. The number of anilines is 1. The third-order valence-corrected chi connectivity index (χ3v) is 4.67. The van der Waals surface area contributed by atoms with Crippen LogP contribution >= 0.6 is 22.9 Å². The number of amides is 2. The van der Waals surface area contributed by atoms with Crippen molar-refractivity contribution in [3.63, 3.8) is 0 Å². The number of halogens is 1. The Bertz CT molecular complexity index is 716. The molecule has 2 rings (SSSR count). The molecule has 2 amide bonds. The number of rotatable bonds is 7. The summed E-state index contributed by atoms with van der Waals surface area (Å²) in [7, 11) is 0. The third kappa shape index (κ3) is 5.01. The molecule has 128 valence electrons. The van der Waals surface area contributed by atoms with Crippen LogP contribution in [0.1, 0.15) is 41.5 Å². The minimum absolute atomic E-state index is 0.000119. The molecule has 6 nitrogen and oxygen atoms in total. The summed E-state index contributed by atoms with van der Waals surface area (Å²) >= 11 is 7.03. The van der Waals surface area contributed by atoms with E-state index in [1.807, 2.05) is 13.8 Å². The summed E-state index contributed by atoms with van der Waals surface area (Å²) in [5.41, 5.74) is 0.589. The molecule has 8 heteroatoms. The van der Waals surface area contributed by atoms with E-state index in [1.54, 1.807) is 24.3 Å². The fourth-order valence-corrected chi connectivity index (χ4v) is 3.00. The van der Waals surface area contributed by atoms with Gasteiger partial charge in [0.15, 0.2) is 0 Å². The van der Waals surface area contributed by atoms with Crippen molar-refractivity contribution >= 4 is 40.4 Å². The Hall–Kier alpha value is -1.99. The van der Waals surface area contributed by atoms with E-state index in [9.17, 15) is 9.59 Å². The highest BCUT2D eigenvalue weighted by atomic mass is 35.5. The van der Waals surface area contributed by atoms with Gasteiger partial charge < -0.3 is 10.6 Å². The zero-order valence-corrected chi connectivity index (χ0v) is 15.1. The highest BCUT2D eigenvalue weighted by molar-refractivity contribution is 7.13. The van der Waals surface area contributed by atoms with Gasteiger partial charge in [0.2, 0.25) is 10.9 Å². The molecule has 0 fully saturated rings. The molecule has 2 aromatic rings. The van der Waals surface area contributed by atoms with Crippen molar-refractivity contribution in [3.8, 4) is 0 Å². The van der Waals surface area contributed by atoms with Crippen LogP contribution in [0.5, 0.6) is 0 Å². The second kappa shape index (κ2) is 8.75. The molecular weight excluding hydrogens is 348 g/mol. The Morgan fingerprint density at radius 3 is 2.67 bits per heavy atom. The van der Waals surface area contributed by atoms with Gasteiger partial charge in [0.05, 0.1) is 6.54 Å². The van der Waals surface area contributed by atoms with Gasteiger partial charge in [-0.3, -0.25) is 9.59 Å². The van der Waals surface area contributed by atoms with E-state index in [2.05, 4.69) is 20.8 Å². The number of aromatic nitrogens is 2. The predicted octanol–water partition coefficient (Wildman–Crippen LogP) is 3.50. The van der Waals surface area contributed by atoms with Crippen LogP contribution in [0.4, 0.5) is 5.69 Å². The molecule has 0 radical (unpaired) electrons. The van der Waals surface area contributed by atoms with Crippen molar-refractivity contribution in [1.29, 1.82) is 0 Å². The molecule has 0 saturated carbocycles. The van der Waals surface area contributed by atoms with Crippen molar-refractivity contribution in [2.45, 2.75) is 33.2 Å². The Labute approximate surface area is 149 Å². The van der Waals surface area contributed by atoms with Crippen LogP contribution in [0.2, 0.25) is 5.02 Å². The summed E-state index contributed by atoms with van der Waals surface area (Å²) in [5, 5.41) is 14.7. The Balaban J connectivity index is 1.92. The molecule has 24 heavy (non-hydrogen) atoms. The van der Waals surface area contributed by atoms with E-state index in [0.717, 1.165) is 24.2 Å². The summed E-state index contributed by atoms with van der Waals surface area (Å²) in [6.45, 7) is 4.24. The van der Waals surface area contributed by atoms with Crippen molar-refractivity contribution in [2.75, 3.05) is 5.32 Å². The third-order valence-electron chi connectivity index (χ3n) is 3.51. The first-order valence-electron chi connectivity index (χ1n) is 7.70. The lowest BCUT2D eigenvalue weighted by molar-refractivity contribution is -0.125. The van der Waals surface area contributed by atoms with Crippen LogP contribution in [-0.4, -0.2) is 22.0 Å². The van der Waals surface area contributed by atoms with Gasteiger partial charge in [0.25, 0.3) is 5.91 Å². The van der Waals surface area contributed by atoms with Gasteiger partial charge in [-0.2, -0.15) is 0 Å². The van der Waals surface area contributed by atoms with Crippen LogP contribution < -0.4 is 10.6 Å². The molecule has 0 aliphatic rings. The van der Waals surface area contributed by atoms with Gasteiger partial charge in [0, 0.05) is 16.6 Å². The van der Waals surface area contributed by atoms with E-state index >= 15 is 0 Å². The van der Waals surface area contributed by atoms with Gasteiger partial charge in [0.1, 0.15) is 5.01 Å². The molecule has 0 bridgehead atoms. The van der Waals surface area contributed by atoms with Crippen LogP contribution in [0.15, 0.2) is 24.3 Å². The molecule has 0 aliphatic heterocycles. The van der Waals surface area contributed by atoms with E-state index in [4.69, 9.17) is 11.6 Å². The summed E-state index contributed by atoms with van der Waals surface area (Å²) in [6.07, 6.45) is 1.59.